The predicted molar refractivity (Wildman–Crippen MR) is 159 cm³/mol. The van der Waals surface area contributed by atoms with E-state index in [2.05, 4.69) is 101 Å². The van der Waals surface area contributed by atoms with Gasteiger partial charge in [0.1, 0.15) is 23.2 Å². The van der Waals surface area contributed by atoms with E-state index in [0.29, 0.717) is 6.54 Å². The lowest BCUT2D eigenvalue weighted by Crippen LogP contribution is -2.33. The fourth-order valence-electron chi connectivity index (χ4n) is 4.76. The van der Waals surface area contributed by atoms with Crippen molar-refractivity contribution in [1.82, 2.24) is 0 Å². The van der Waals surface area contributed by atoms with Gasteiger partial charge in [-0.25, -0.2) is 0 Å². The Kier molecular flexibility index (Phi) is 11.5. The van der Waals surface area contributed by atoms with E-state index < -0.39 is 7.26 Å². The summed E-state index contributed by atoms with van der Waals surface area (Å²) in [6.45, 7) is 0.673. The normalized spacial score (nSPS) is 11.8. The van der Waals surface area contributed by atoms with Gasteiger partial charge < -0.3 is 17.2 Å². The summed E-state index contributed by atoms with van der Waals surface area (Å²) in [5.74, 6) is 0.113. The Hall–Kier alpha value is -3.17. The molecule has 3 aromatic rings. The van der Waals surface area contributed by atoms with E-state index in [1.165, 1.54) is 60.6 Å². The van der Waals surface area contributed by atoms with Crippen molar-refractivity contribution in [3.63, 3.8) is 0 Å². The highest BCUT2D eigenvalue weighted by molar-refractivity contribution is 7.95. The third-order valence-corrected chi connectivity index (χ3v) is 11.0. The lowest BCUT2D eigenvalue weighted by atomic mass is 10.1. The van der Waals surface area contributed by atoms with Crippen molar-refractivity contribution in [2.24, 2.45) is 27.2 Å². The summed E-state index contributed by atoms with van der Waals surface area (Å²) >= 11 is 0. The fourth-order valence-corrected chi connectivity index (χ4v) is 9.17. The number of guanidine groups is 2. The maximum absolute atomic E-state index is 5.63. The van der Waals surface area contributed by atoms with Crippen LogP contribution in [0.5, 0.6) is 0 Å². The molecule has 0 fully saturated rings. The highest BCUT2D eigenvalue weighted by Crippen LogP contribution is 2.55. The first-order valence-electron chi connectivity index (χ1n) is 13.1. The molecule has 6 heteroatoms. The van der Waals surface area contributed by atoms with Crippen molar-refractivity contribution in [2.75, 3.05) is 12.7 Å². The van der Waals surface area contributed by atoms with Crippen LogP contribution in [0.15, 0.2) is 101 Å². The molecule has 3 rings (SSSR count). The summed E-state index contributed by atoms with van der Waals surface area (Å²) < 4.78 is 0. The Morgan fingerprint density at radius 3 is 1.33 bits per heavy atom. The molecule has 6 N–H and O–H groups in total. The van der Waals surface area contributed by atoms with Crippen molar-refractivity contribution in [3.05, 3.63) is 91.0 Å². The van der Waals surface area contributed by atoms with Gasteiger partial charge in [0.25, 0.3) is 0 Å². The number of nitrogens with zero attached hydrogens (tertiary/aromatic N) is 2. The summed E-state index contributed by atoms with van der Waals surface area (Å²) in [5, 5.41) is 4.43. The number of unbranched alkanes of at least 4 members (excludes halogenated alkanes) is 7. The van der Waals surface area contributed by atoms with Crippen molar-refractivity contribution >= 4 is 35.1 Å². The predicted octanol–water partition coefficient (Wildman–Crippen LogP) is 4.69. The van der Waals surface area contributed by atoms with Crippen LogP contribution in [0.3, 0.4) is 0 Å². The van der Waals surface area contributed by atoms with Gasteiger partial charge in [0.2, 0.25) is 5.96 Å². The molecule has 0 saturated heterocycles. The minimum Gasteiger partial charge on any atom is -0.370 e. The Morgan fingerprint density at radius 2 is 0.917 bits per heavy atom. The van der Waals surface area contributed by atoms with E-state index in [0.717, 1.165) is 12.8 Å². The number of hydrogen-bond donors (Lipinski definition) is 3. The molecular weight excluding hydrogens is 461 g/mol. The Balaban J connectivity index is 1.52. The minimum atomic E-state index is -1.69. The van der Waals surface area contributed by atoms with Crippen LogP contribution in [-0.2, 0) is 0 Å². The Morgan fingerprint density at radius 1 is 0.528 bits per heavy atom. The Labute approximate surface area is 217 Å². The first-order valence-corrected chi connectivity index (χ1v) is 15.0. The van der Waals surface area contributed by atoms with Crippen molar-refractivity contribution in [3.8, 4) is 0 Å². The minimum absolute atomic E-state index is 0.0491. The first-order chi connectivity index (χ1) is 17.6. The average Bonchev–Trinajstić information content (AvgIpc) is 2.91. The molecule has 0 amide bonds. The molecule has 0 aliphatic heterocycles. The molecule has 36 heavy (non-hydrogen) atoms. The molecule has 0 heterocycles. The monoisotopic (exact) mass is 502 g/mol. The molecule has 0 aromatic heterocycles. The summed E-state index contributed by atoms with van der Waals surface area (Å²) in [6.07, 6.45) is 11.0. The number of aliphatic imine (C=N–C) groups is 2. The van der Waals surface area contributed by atoms with Crippen LogP contribution < -0.4 is 33.1 Å². The third-order valence-electron chi connectivity index (χ3n) is 6.51. The lowest BCUT2D eigenvalue weighted by Gasteiger charge is -2.27. The van der Waals surface area contributed by atoms with Gasteiger partial charge in [0, 0.05) is 6.54 Å². The maximum Gasteiger partial charge on any atom is 0.218 e. The molecule has 3 aromatic carbocycles. The zero-order valence-electron chi connectivity index (χ0n) is 21.3. The van der Waals surface area contributed by atoms with Crippen LogP contribution >= 0.6 is 7.26 Å². The first kappa shape index (κ1) is 27.4. The van der Waals surface area contributed by atoms with Crippen molar-refractivity contribution in [1.29, 1.82) is 0 Å². The summed E-state index contributed by atoms with van der Waals surface area (Å²) in [5.41, 5.74) is 16.2. The van der Waals surface area contributed by atoms with Crippen LogP contribution in [0, 0.1) is 0 Å². The van der Waals surface area contributed by atoms with Gasteiger partial charge in [-0.1, -0.05) is 86.7 Å². The van der Waals surface area contributed by atoms with Crippen LogP contribution in [-0.4, -0.2) is 24.6 Å². The van der Waals surface area contributed by atoms with Gasteiger partial charge in [0.15, 0.2) is 5.96 Å². The zero-order valence-corrected chi connectivity index (χ0v) is 22.2. The number of benzene rings is 3. The van der Waals surface area contributed by atoms with Crippen molar-refractivity contribution in [2.45, 2.75) is 51.4 Å². The SMILES string of the molecule is NC(N)=NC(N)=NCCCCCCCCCC[P+](c1ccccc1)(c1ccccc1)c1ccccc1. The van der Waals surface area contributed by atoms with Crippen LogP contribution in [0.1, 0.15) is 51.4 Å². The van der Waals surface area contributed by atoms with Gasteiger partial charge >= 0.3 is 0 Å². The van der Waals surface area contributed by atoms with E-state index in [4.69, 9.17) is 17.2 Å². The number of rotatable bonds is 14. The van der Waals surface area contributed by atoms with E-state index in [9.17, 15) is 0 Å². The highest BCUT2D eigenvalue weighted by Gasteiger charge is 2.44. The quantitative estimate of drug-likeness (QED) is 0.129. The average molecular weight is 503 g/mol. The molecule has 0 bridgehead atoms. The number of hydrogen-bond acceptors (Lipinski definition) is 1. The summed E-state index contributed by atoms with van der Waals surface area (Å²) in [7, 11) is -1.69. The fraction of sp³-hybridized carbons (Fsp3) is 0.333. The zero-order chi connectivity index (χ0) is 25.5. The van der Waals surface area contributed by atoms with Gasteiger partial charge in [0.05, 0.1) is 6.16 Å². The van der Waals surface area contributed by atoms with E-state index in [1.807, 2.05) is 0 Å². The smallest absolute Gasteiger partial charge is 0.218 e. The molecule has 0 spiro atoms. The van der Waals surface area contributed by atoms with Gasteiger partial charge in [-0.15, -0.1) is 0 Å². The Bertz CT molecular complexity index is 968. The standard InChI is InChI=1S/C30H41N5P/c31-29(32)35-30(33)34-24-16-5-3-1-2-4-6-17-25-36(26-18-10-7-11-19-26,27-20-12-8-13-21-27)28-22-14-9-15-23-28/h7-15,18-23H,1-6,16-17,24-25H2,(H6,31,32,33,34,35)/q+1. The largest absolute Gasteiger partial charge is 0.370 e. The second-order valence-electron chi connectivity index (χ2n) is 9.15. The molecule has 0 saturated carbocycles. The van der Waals surface area contributed by atoms with Crippen LogP contribution in [0.4, 0.5) is 0 Å². The molecule has 0 radical (unpaired) electrons. The van der Waals surface area contributed by atoms with E-state index >= 15 is 0 Å². The molecule has 0 unspecified atom stereocenters. The molecule has 0 atom stereocenters. The molecule has 190 valence electrons. The summed E-state index contributed by atoms with van der Waals surface area (Å²) in [4.78, 5) is 7.90. The van der Waals surface area contributed by atoms with Crippen LogP contribution in [0.25, 0.3) is 0 Å². The summed E-state index contributed by atoms with van der Waals surface area (Å²) in [6, 6.07) is 33.5. The second-order valence-corrected chi connectivity index (χ2v) is 12.8. The molecule has 5 nitrogen and oxygen atoms in total. The van der Waals surface area contributed by atoms with Gasteiger partial charge in [-0.2, -0.15) is 4.99 Å². The van der Waals surface area contributed by atoms with Crippen molar-refractivity contribution < 1.29 is 0 Å². The molecule has 0 aliphatic carbocycles. The highest BCUT2D eigenvalue weighted by atomic mass is 31.2. The topological polar surface area (TPSA) is 103 Å². The van der Waals surface area contributed by atoms with E-state index in [-0.39, 0.29) is 11.9 Å². The number of nitrogens with two attached hydrogens (primary N) is 3. The second kappa shape index (κ2) is 15.1. The van der Waals surface area contributed by atoms with E-state index in [1.54, 1.807) is 0 Å². The molecular formula is C30H41N5P+. The van der Waals surface area contributed by atoms with Crippen LogP contribution in [0.2, 0.25) is 0 Å². The van der Waals surface area contributed by atoms with Gasteiger partial charge in [-0.05, 0) is 55.7 Å². The molecule has 0 aliphatic rings. The van der Waals surface area contributed by atoms with Gasteiger partial charge in [-0.3, -0.25) is 4.99 Å². The lowest BCUT2D eigenvalue weighted by molar-refractivity contribution is 0.579. The third kappa shape index (κ3) is 8.20. The maximum atomic E-state index is 5.63.